The van der Waals surface area contributed by atoms with Crippen molar-refractivity contribution in [2.24, 2.45) is 0 Å². The molecule has 4 heteroatoms. The zero-order chi connectivity index (χ0) is 12.2. The molecule has 0 amide bonds. The van der Waals surface area contributed by atoms with Gasteiger partial charge >= 0.3 is 0 Å². The number of hydrogen-bond donors (Lipinski definition) is 1. The van der Waals surface area contributed by atoms with Crippen LogP contribution in [-0.4, -0.2) is 15.0 Å². The minimum Gasteiger partial charge on any atom is -0.207 e. The zero-order valence-corrected chi connectivity index (χ0v) is 10.0. The lowest BCUT2D eigenvalue weighted by molar-refractivity contribution is 0.585. The van der Waals surface area contributed by atoms with Crippen LogP contribution in [0.25, 0.3) is 0 Å². The van der Waals surface area contributed by atoms with E-state index >= 15 is 0 Å². The quantitative estimate of drug-likeness (QED) is 0.796. The van der Waals surface area contributed by atoms with E-state index in [1.165, 1.54) is 6.08 Å². The van der Waals surface area contributed by atoms with Gasteiger partial charge in [0.1, 0.15) is 0 Å². The Balaban J connectivity index is 2.82. The Morgan fingerprint density at radius 3 is 2.44 bits per heavy atom. The summed E-state index contributed by atoms with van der Waals surface area (Å²) in [6, 6.07) is 6.68. The van der Waals surface area contributed by atoms with E-state index in [4.69, 9.17) is 0 Å². The Kier molecular flexibility index (Phi) is 4.04. The average molecular weight is 237 g/mol. The highest BCUT2D eigenvalue weighted by Gasteiger charge is 2.12. The summed E-state index contributed by atoms with van der Waals surface area (Å²) in [5, 5.41) is 0. The van der Waals surface area contributed by atoms with Crippen molar-refractivity contribution in [3.63, 3.8) is 0 Å². The molecule has 0 spiro atoms. The fourth-order valence-corrected chi connectivity index (χ4v) is 2.10. The van der Waals surface area contributed by atoms with Crippen LogP contribution in [0, 0.1) is 6.92 Å². The van der Waals surface area contributed by atoms with E-state index in [1.807, 2.05) is 6.92 Å². The van der Waals surface area contributed by atoms with Crippen LogP contribution in [0.3, 0.4) is 0 Å². The summed E-state index contributed by atoms with van der Waals surface area (Å²) in [6.07, 6.45) is 1.53. The minimum absolute atomic E-state index is 0.180. The molecule has 0 aromatic heterocycles. The first kappa shape index (κ1) is 12.7. The van der Waals surface area contributed by atoms with Crippen molar-refractivity contribution in [1.29, 1.82) is 0 Å². The second kappa shape index (κ2) is 5.09. The van der Waals surface area contributed by atoms with Gasteiger partial charge in [-0.15, -0.1) is 0 Å². The molecule has 16 heavy (non-hydrogen) atoms. The molecule has 0 bridgehead atoms. The van der Waals surface area contributed by atoms with Gasteiger partial charge in [-0.1, -0.05) is 36.9 Å². The van der Waals surface area contributed by atoms with Crippen LogP contribution in [0.5, 0.6) is 0 Å². The second-order valence-corrected chi connectivity index (χ2v) is 5.27. The summed E-state index contributed by atoms with van der Waals surface area (Å²) in [6.45, 7) is 9.24. The summed E-state index contributed by atoms with van der Waals surface area (Å²) >= 11 is 0. The van der Waals surface area contributed by atoms with Gasteiger partial charge in [0.25, 0.3) is 0 Å². The second-order valence-electron chi connectivity index (χ2n) is 3.50. The third-order valence-corrected chi connectivity index (χ3v) is 3.53. The molecule has 0 aliphatic heterocycles. The predicted octanol–water partition coefficient (Wildman–Crippen LogP) is 2.02. The smallest absolute Gasteiger partial charge is 0.207 e. The molecule has 0 heterocycles. The predicted molar refractivity (Wildman–Crippen MR) is 65.7 cm³/mol. The first-order chi connectivity index (χ1) is 7.45. The fraction of sp³-hybridized carbons (Fsp3) is 0.167. The van der Waals surface area contributed by atoms with E-state index in [-0.39, 0.29) is 11.4 Å². The Labute approximate surface area is 96.6 Å². The topological polar surface area (TPSA) is 46.2 Å². The summed E-state index contributed by atoms with van der Waals surface area (Å²) in [4.78, 5) is 0.259. The standard InChI is InChI=1S/C12H15NO2S/c1-4-10(2)9-13-16(14,15)12-7-5-11(3)6-8-12/h4-8,13H,1-2,9H2,3H3. The number of nitrogens with one attached hydrogen (secondary N) is 1. The minimum atomic E-state index is -3.44. The summed E-state index contributed by atoms with van der Waals surface area (Å²) in [7, 11) is -3.44. The van der Waals surface area contributed by atoms with Crippen molar-refractivity contribution in [3.05, 3.63) is 54.6 Å². The molecule has 86 valence electrons. The van der Waals surface area contributed by atoms with Crippen molar-refractivity contribution in [2.45, 2.75) is 11.8 Å². The molecule has 0 saturated carbocycles. The highest BCUT2D eigenvalue weighted by atomic mass is 32.2. The molecule has 1 rings (SSSR count). The molecule has 0 aliphatic carbocycles. The number of sulfonamides is 1. The molecular formula is C12H15NO2S. The van der Waals surface area contributed by atoms with Gasteiger partial charge in [-0.2, -0.15) is 0 Å². The van der Waals surface area contributed by atoms with E-state index in [0.717, 1.165) is 5.56 Å². The number of hydrogen-bond acceptors (Lipinski definition) is 2. The van der Waals surface area contributed by atoms with Crippen LogP contribution in [-0.2, 0) is 10.0 Å². The van der Waals surface area contributed by atoms with Crippen LogP contribution < -0.4 is 4.72 Å². The monoisotopic (exact) mass is 237 g/mol. The first-order valence-electron chi connectivity index (χ1n) is 4.82. The molecular weight excluding hydrogens is 222 g/mol. The van der Waals surface area contributed by atoms with Crippen LogP contribution in [0.2, 0.25) is 0 Å². The van der Waals surface area contributed by atoms with Gasteiger partial charge < -0.3 is 0 Å². The van der Waals surface area contributed by atoms with Gasteiger partial charge in [-0.3, -0.25) is 0 Å². The molecule has 0 aliphatic rings. The zero-order valence-electron chi connectivity index (χ0n) is 9.23. The van der Waals surface area contributed by atoms with Crippen LogP contribution in [0.15, 0.2) is 54.0 Å². The Bertz CT molecular complexity index is 486. The molecule has 1 N–H and O–H groups in total. The van der Waals surface area contributed by atoms with Crippen LogP contribution in [0.4, 0.5) is 0 Å². The maximum atomic E-state index is 11.8. The third-order valence-electron chi connectivity index (χ3n) is 2.11. The molecule has 1 aromatic rings. The lowest BCUT2D eigenvalue weighted by Gasteiger charge is -2.06. The molecule has 0 saturated heterocycles. The average Bonchev–Trinajstić information content (AvgIpc) is 2.26. The maximum Gasteiger partial charge on any atom is 0.240 e. The Hall–Kier alpha value is -1.39. The van der Waals surface area contributed by atoms with Gasteiger partial charge in [0, 0.05) is 6.54 Å². The van der Waals surface area contributed by atoms with Crippen molar-refractivity contribution in [3.8, 4) is 0 Å². The number of aryl methyl sites for hydroxylation is 1. The van der Waals surface area contributed by atoms with Gasteiger partial charge in [0.15, 0.2) is 0 Å². The maximum absolute atomic E-state index is 11.8. The van der Waals surface area contributed by atoms with E-state index in [9.17, 15) is 8.42 Å². The van der Waals surface area contributed by atoms with Gasteiger partial charge in [0.05, 0.1) is 4.90 Å². The Morgan fingerprint density at radius 1 is 1.38 bits per heavy atom. The van der Waals surface area contributed by atoms with Crippen molar-refractivity contribution in [1.82, 2.24) is 4.72 Å². The molecule has 0 unspecified atom stereocenters. The SMILES string of the molecule is C=CC(=C)CNS(=O)(=O)c1ccc(C)cc1. The van der Waals surface area contributed by atoms with Crippen LogP contribution in [0.1, 0.15) is 5.56 Å². The third kappa shape index (κ3) is 3.32. The lowest BCUT2D eigenvalue weighted by Crippen LogP contribution is -2.25. The van der Waals surface area contributed by atoms with Crippen molar-refractivity contribution in [2.75, 3.05) is 6.54 Å². The van der Waals surface area contributed by atoms with E-state index in [0.29, 0.717) is 5.57 Å². The van der Waals surface area contributed by atoms with E-state index in [1.54, 1.807) is 24.3 Å². The molecule has 1 aromatic carbocycles. The molecule has 3 nitrogen and oxygen atoms in total. The number of benzene rings is 1. The first-order valence-corrected chi connectivity index (χ1v) is 6.30. The summed E-state index contributed by atoms with van der Waals surface area (Å²) in [5.74, 6) is 0. The van der Waals surface area contributed by atoms with Gasteiger partial charge in [0.2, 0.25) is 10.0 Å². The largest absolute Gasteiger partial charge is 0.240 e. The molecule has 0 fully saturated rings. The number of rotatable bonds is 5. The lowest BCUT2D eigenvalue weighted by atomic mass is 10.2. The summed E-state index contributed by atoms with van der Waals surface area (Å²) in [5.41, 5.74) is 1.66. The van der Waals surface area contributed by atoms with Gasteiger partial charge in [-0.25, -0.2) is 13.1 Å². The molecule has 0 atom stereocenters. The fourth-order valence-electron chi connectivity index (χ4n) is 1.06. The van der Waals surface area contributed by atoms with Crippen molar-refractivity contribution < 1.29 is 8.42 Å². The normalized spacial score (nSPS) is 11.1. The highest BCUT2D eigenvalue weighted by Crippen LogP contribution is 2.09. The van der Waals surface area contributed by atoms with E-state index < -0.39 is 10.0 Å². The van der Waals surface area contributed by atoms with Gasteiger partial charge in [-0.05, 0) is 24.6 Å². The van der Waals surface area contributed by atoms with Crippen LogP contribution >= 0.6 is 0 Å². The van der Waals surface area contributed by atoms with E-state index in [2.05, 4.69) is 17.9 Å². The summed E-state index contributed by atoms with van der Waals surface area (Å²) < 4.78 is 26.0. The highest BCUT2D eigenvalue weighted by molar-refractivity contribution is 7.89. The molecule has 0 radical (unpaired) electrons. The van der Waals surface area contributed by atoms with Crippen molar-refractivity contribution >= 4 is 10.0 Å². The Morgan fingerprint density at radius 2 is 1.94 bits per heavy atom.